The van der Waals surface area contributed by atoms with E-state index in [1.54, 1.807) is 18.2 Å². The van der Waals surface area contributed by atoms with Crippen LogP contribution in [-0.2, 0) is 5.41 Å². The standard InChI is InChI=1S/C27H22N4O3S/c28-17-19-9-10-24(23(15-19)26(33)34)30-25(32)20-5-4-8-22(16-20)35-31-13-11-27(18-29,12-14-31)21-6-2-1-3-7-21/h1-10,15-16H,11-14H2,(H,30,32)(H,33,34). The first-order valence-corrected chi connectivity index (χ1v) is 11.8. The van der Waals surface area contributed by atoms with E-state index in [9.17, 15) is 20.0 Å². The van der Waals surface area contributed by atoms with Crippen LogP contribution in [0.25, 0.3) is 0 Å². The number of carbonyl (C=O) groups excluding carboxylic acids is 1. The largest absolute Gasteiger partial charge is 0.478 e. The Balaban J connectivity index is 1.43. The summed E-state index contributed by atoms with van der Waals surface area (Å²) >= 11 is 1.54. The molecule has 0 bridgehead atoms. The minimum absolute atomic E-state index is 0.129. The van der Waals surface area contributed by atoms with Gasteiger partial charge in [-0.1, -0.05) is 36.4 Å². The summed E-state index contributed by atoms with van der Waals surface area (Å²) in [5.41, 5.74) is 1.15. The van der Waals surface area contributed by atoms with Gasteiger partial charge < -0.3 is 10.4 Å². The van der Waals surface area contributed by atoms with Crippen molar-refractivity contribution in [3.05, 3.63) is 95.1 Å². The van der Waals surface area contributed by atoms with E-state index >= 15 is 0 Å². The fourth-order valence-corrected chi connectivity index (χ4v) is 5.10. The molecule has 1 saturated heterocycles. The zero-order valence-corrected chi connectivity index (χ0v) is 19.6. The van der Waals surface area contributed by atoms with Crippen LogP contribution in [0.3, 0.4) is 0 Å². The van der Waals surface area contributed by atoms with E-state index in [4.69, 9.17) is 5.26 Å². The quantitative estimate of drug-likeness (QED) is 0.471. The Morgan fingerprint density at radius 1 is 0.971 bits per heavy atom. The molecule has 1 aliphatic heterocycles. The number of aromatic carboxylic acids is 1. The number of piperidine rings is 1. The second kappa shape index (κ2) is 10.4. The molecule has 174 valence electrons. The van der Waals surface area contributed by atoms with Crippen LogP contribution in [0.5, 0.6) is 0 Å². The van der Waals surface area contributed by atoms with Crippen molar-refractivity contribution in [1.29, 1.82) is 10.5 Å². The number of nitrogens with zero attached hydrogens (tertiary/aromatic N) is 3. The number of carboxylic acids is 1. The van der Waals surface area contributed by atoms with Gasteiger partial charge in [0.15, 0.2) is 0 Å². The Morgan fingerprint density at radius 2 is 1.71 bits per heavy atom. The number of rotatable bonds is 6. The predicted molar refractivity (Wildman–Crippen MR) is 133 cm³/mol. The van der Waals surface area contributed by atoms with E-state index < -0.39 is 17.3 Å². The number of anilines is 1. The second-order valence-electron chi connectivity index (χ2n) is 8.24. The van der Waals surface area contributed by atoms with Gasteiger partial charge in [-0.3, -0.25) is 4.79 Å². The number of hydrogen-bond acceptors (Lipinski definition) is 6. The topological polar surface area (TPSA) is 117 Å². The molecule has 1 aliphatic rings. The first-order chi connectivity index (χ1) is 16.9. The highest BCUT2D eigenvalue weighted by Gasteiger charge is 2.36. The molecule has 3 aromatic rings. The third kappa shape index (κ3) is 5.36. The first kappa shape index (κ1) is 24.0. The Labute approximate surface area is 207 Å². The summed E-state index contributed by atoms with van der Waals surface area (Å²) < 4.78 is 2.19. The molecule has 0 saturated carbocycles. The van der Waals surface area contributed by atoms with Crippen LogP contribution in [-0.4, -0.2) is 34.4 Å². The van der Waals surface area contributed by atoms with Crippen molar-refractivity contribution in [2.45, 2.75) is 23.2 Å². The fourth-order valence-electron chi connectivity index (χ4n) is 4.12. The monoisotopic (exact) mass is 482 g/mol. The van der Waals surface area contributed by atoms with Gasteiger partial charge in [0.25, 0.3) is 5.91 Å². The van der Waals surface area contributed by atoms with Crippen LogP contribution in [0.15, 0.2) is 77.7 Å². The van der Waals surface area contributed by atoms with E-state index in [0.29, 0.717) is 5.56 Å². The lowest BCUT2D eigenvalue weighted by atomic mass is 9.74. The van der Waals surface area contributed by atoms with Crippen molar-refractivity contribution in [2.75, 3.05) is 18.4 Å². The van der Waals surface area contributed by atoms with Gasteiger partial charge in [-0.05, 0) is 66.8 Å². The summed E-state index contributed by atoms with van der Waals surface area (Å²) in [6.45, 7) is 1.47. The van der Waals surface area contributed by atoms with Gasteiger partial charge in [0.05, 0.1) is 34.4 Å². The molecular weight excluding hydrogens is 460 g/mol. The van der Waals surface area contributed by atoms with Gasteiger partial charge >= 0.3 is 5.97 Å². The molecule has 0 unspecified atom stereocenters. The van der Waals surface area contributed by atoms with Crippen molar-refractivity contribution in [1.82, 2.24) is 4.31 Å². The molecule has 35 heavy (non-hydrogen) atoms. The zero-order chi connectivity index (χ0) is 24.8. The highest BCUT2D eigenvalue weighted by Crippen LogP contribution is 2.38. The molecule has 1 amide bonds. The summed E-state index contributed by atoms with van der Waals surface area (Å²) in [6.07, 6.45) is 1.44. The predicted octanol–water partition coefficient (Wildman–Crippen LogP) is 5.07. The summed E-state index contributed by atoms with van der Waals surface area (Å²) in [5.74, 6) is -1.67. The summed E-state index contributed by atoms with van der Waals surface area (Å²) in [7, 11) is 0. The Hall–Kier alpha value is -4.11. The van der Waals surface area contributed by atoms with E-state index in [1.807, 2.05) is 42.5 Å². The molecule has 4 rings (SSSR count). The maximum atomic E-state index is 12.8. The average molecular weight is 483 g/mol. The minimum Gasteiger partial charge on any atom is -0.478 e. The lowest BCUT2D eigenvalue weighted by Gasteiger charge is -2.36. The number of carboxylic acid groups (broad SMARTS) is 1. The van der Waals surface area contributed by atoms with Gasteiger partial charge in [0.1, 0.15) is 0 Å². The normalized spacial score (nSPS) is 14.9. The van der Waals surface area contributed by atoms with Crippen LogP contribution in [0.4, 0.5) is 5.69 Å². The molecule has 8 heteroatoms. The van der Waals surface area contributed by atoms with E-state index in [-0.39, 0.29) is 16.8 Å². The van der Waals surface area contributed by atoms with Crippen molar-refractivity contribution in [3.63, 3.8) is 0 Å². The first-order valence-electron chi connectivity index (χ1n) is 11.0. The fraction of sp³-hybridized carbons (Fsp3) is 0.185. The van der Waals surface area contributed by atoms with Gasteiger partial charge in [0, 0.05) is 23.5 Å². The van der Waals surface area contributed by atoms with E-state index in [1.165, 1.54) is 30.1 Å². The van der Waals surface area contributed by atoms with E-state index in [2.05, 4.69) is 15.7 Å². The second-order valence-corrected chi connectivity index (χ2v) is 9.41. The number of benzene rings is 3. The maximum absolute atomic E-state index is 12.8. The van der Waals surface area contributed by atoms with Crippen molar-refractivity contribution < 1.29 is 14.7 Å². The van der Waals surface area contributed by atoms with Gasteiger partial charge in [-0.15, -0.1) is 0 Å². The molecule has 3 aromatic carbocycles. The smallest absolute Gasteiger partial charge is 0.337 e. The molecule has 0 atom stereocenters. The maximum Gasteiger partial charge on any atom is 0.337 e. The van der Waals surface area contributed by atoms with Crippen molar-refractivity contribution in [2.24, 2.45) is 0 Å². The average Bonchev–Trinajstić information content (AvgIpc) is 2.90. The molecule has 1 fully saturated rings. The highest BCUT2D eigenvalue weighted by molar-refractivity contribution is 7.97. The van der Waals surface area contributed by atoms with Gasteiger partial charge in [-0.25, -0.2) is 9.10 Å². The molecule has 0 aromatic heterocycles. The van der Waals surface area contributed by atoms with Gasteiger partial charge in [0.2, 0.25) is 0 Å². The number of nitriles is 2. The summed E-state index contributed by atoms with van der Waals surface area (Å²) in [6, 6.07) is 25.6. The Bertz CT molecular complexity index is 1340. The van der Waals surface area contributed by atoms with Crippen molar-refractivity contribution >= 4 is 29.5 Å². The Kier molecular flexibility index (Phi) is 7.17. The molecular formula is C27H22N4O3S. The third-order valence-electron chi connectivity index (χ3n) is 6.07. The SMILES string of the molecule is N#Cc1ccc(NC(=O)c2cccc(SN3CCC(C#N)(c4ccccc4)CC3)c2)c(C(=O)O)c1. The molecule has 2 N–H and O–H groups in total. The Morgan fingerprint density at radius 3 is 2.37 bits per heavy atom. The molecule has 0 radical (unpaired) electrons. The number of nitrogens with one attached hydrogen (secondary N) is 1. The van der Waals surface area contributed by atoms with Gasteiger partial charge in [-0.2, -0.15) is 10.5 Å². The van der Waals surface area contributed by atoms with Crippen LogP contribution >= 0.6 is 11.9 Å². The number of hydrogen-bond donors (Lipinski definition) is 2. The molecule has 1 heterocycles. The highest BCUT2D eigenvalue weighted by atomic mass is 32.2. The van der Waals surface area contributed by atoms with E-state index in [0.717, 1.165) is 36.4 Å². The third-order valence-corrected chi connectivity index (χ3v) is 7.16. The molecule has 0 spiro atoms. The lowest BCUT2D eigenvalue weighted by Crippen LogP contribution is -2.38. The summed E-state index contributed by atoms with van der Waals surface area (Å²) in [5, 5.41) is 31.0. The lowest BCUT2D eigenvalue weighted by molar-refractivity contribution is 0.0698. The molecule has 7 nitrogen and oxygen atoms in total. The molecule has 0 aliphatic carbocycles. The number of amides is 1. The zero-order valence-electron chi connectivity index (χ0n) is 18.8. The minimum atomic E-state index is -1.23. The van der Waals surface area contributed by atoms with Crippen LogP contribution in [0.2, 0.25) is 0 Å². The van der Waals surface area contributed by atoms with Crippen LogP contribution in [0, 0.1) is 22.7 Å². The number of carbonyl (C=O) groups is 2. The van der Waals surface area contributed by atoms with Crippen LogP contribution < -0.4 is 5.32 Å². The van der Waals surface area contributed by atoms with Crippen molar-refractivity contribution in [3.8, 4) is 12.1 Å². The summed E-state index contributed by atoms with van der Waals surface area (Å²) in [4.78, 5) is 25.3. The van der Waals surface area contributed by atoms with Crippen LogP contribution in [0.1, 0.15) is 44.7 Å².